The van der Waals surface area contributed by atoms with Crippen LogP contribution in [0.2, 0.25) is 0 Å². The number of carboxylic acid groups (broad SMARTS) is 1. The van der Waals surface area contributed by atoms with E-state index in [9.17, 15) is 22.8 Å². The average molecular weight is 492 g/mol. The summed E-state index contributed by atoms with van der Waals surface area (Å²) in [5.41, 5.74) is 0.170. The minimum atomic E-state index is -3.80. The van der Waals surface area contributed by atoms with Gasteiger partial charge in [-0.3, -0.25) is 9.59 Å². The third kappa shape index (κ3) is 9.86. The predicted octanol–water partition coefficient (Wildman–Crippen LogP) is -0.493. The van der Waals surface area contributed by atoms with Crippen molar-refractivity contribution in [3.05, 3.63) is 11.1 Å². The fourth-order valence-electron chi connectivity index (χ4n) is 3.16. The van der Waals surface area contributed by atoms with E-state index < -0.39 is 28.3 Å². The molecule has 180 valence electrons. The Kier molecular flexibility index (Phi) is 10.2. The Hall–Kier alpha value is -2.33. The SMILES string of the molecule is NS(=O)(=O)NCCCCC(NC(=O)O)C(=O)Nc1nc(C(=O)NCCN2CCCC2)cs1. The van der Waals surface area contributed by atoms with Crippen LogP contribution in [-0.2, 0) is 15.0 Å². The topological polar surface area (TPSA) is 196 Å². The maximum absolute atomic E-state index is 12.5. The van der Waals surface area contributed by atoms with E-state index in [-0.39, 0.29) is 29.7 Å². The van der Waals surface area contributed by atoms with Crippen LogP contribution in [0.3, 0.4) is 0 Å². The lowest BCUT2D eigenvalue weighted by Crippen LogP contribution is -2.43. The molecule has 0 aromatic carbocycles. The highest BCUT2D eigenvalue weighted by Crippen LogP contribution is 2.16. The van der Waals surface area contributed by atoms with Crippen molar-refractivity contribution in [1.29, 1.82) is 0 Å². The zero-order chi connectivity index (χ0) is 23.6. The molecule has 1 aromatic rings. The fraction of sp³-hybridized carbons (Fsp3) is 0.647. The summed E-state index contributed by atoms with van der Waals surface area (Å²) in [5.74, 6) is -0.967. The number of rotatable bonds is 13. The molecule has 7 N–H and O–H groups in total. The second-order valence-electron chi connectivity index (χ2n) is 7.27. The number of nitrogens with zero attached hydrogens (tertiary/aromatic N) is 2. The van der Waals surface area contributed by atoms with Gasteiger partial charge < -0.3 is 26.0 Å². The number of likely N-dealkylation sites (tertiary alicyclic amines) is 1. The van der Waals surface area contributed by atoms with Gasteiger partial charge in [-0.15, -0.1) is 11.3 Å². The molecule has 1 fully saturated rings. The number of amides is 3. The van der Waals surface area contributed by atoms with Gasteiger partial charge in [0, 0.05) is 25.0 Å². The molecule has 13 nitrogen and oxygen atoms in total. The molecular formula is C17H29N7O6S2. The van der Waals surface area contributed by atoms with Crippen LogP contribution in [0.5, 0.6) is 0 Å². The maximum atomic E-state index is 12.5. The lowest BCUT2D eigenvalue weighted by Gasteiger charge is -2.15. The molecule has 0 radical (unpaired) electrons. The minimum absolute atomic E-state index is 0.0724. The zero-order valence-electron chi connectivity index (χ0n) is 17.5. The van der Waals surface area contributed by atoms with Crippen LogP contribution in [0.15, 0.2) is 5.38 Å². The van der Waals surface area contributed by atoms with Crippen molar-refractivity contribution in [1.82, 2.24) is 25.2 Å². The first-order valence-electron chi connectivity index (χ1n) is 10.2. The van der Waals surface area contributed by atoms with Crippen molar-refractivity contribution in [3.63, 3.8) is 0 Å². The number of carbonyl (C=O) groups is 3. The van der Waals surface area contributed by atoms with Gasteiger partial charge in [-0.1, -0.05) is 0 Å². The molecule has 1 atom stereocenters. The highest BCUT2D eigenvalue weighted by molar-refractivity contribution is 7.87. The van der Waals surface area contributed by atoms with Crippen molar-refractivity contribution in [2.45, 2.75) is 38.1 Å². The van der Waals surface area contributed by atoms with Crippen LogP contribution in [0.4, 0.5) is 9.93 Å². The highest BCUT2D eigenvalue weighted by Gasteiger charge is 2.22. The number of nitrogens with two attached hydrogens (primary N) is 1. The van der Waals surface area contributed by atoms with Gasteiger partial charge in [-0.05, 0) is 45.2 Å². The molecule has 32 heavy (non-hydrogen) atoms. The van der Waals surface area contributed by atoms with E-state index in [0.717, 1.165) is 31.0 Å². The van der Waals surface area contributed by atoms with Crippen LogP contribution < -0.4 is 25.8 Å². The monoisotopic (exact) mass is 491 g/mol. The third-order valence-electron chi connectivity index (χ3n) is 4.72. The lowest BCUT2D eigenvalue weighted by atomic mass is 10.1. The van der Waals surface area contributed by atoms with Gasteiger partial charge in [-0.25, -0.2) is 19.6 Å². The Balaban J connectivity index is 1.80. The number of anilines is 1. The molecule has 1 aliphatic heterocycles. The van der Waals surface area contributed by atoms with E-state index >= 15 is 0 Å². The summed E-state index contributed by atoms with van der Waals surface area (Å²) >= 11 is 1.06. The number of nitrogens with one attached hydrogen (secondary N) is 4. The summed E-state index contributed by atoms with van der Waals surface area (Å²) in [7, 11) is -3.80. The van der Waals surface area contributed by atoms with Gasteiger partial charge in [0.1, 0.15) is 11.7 Å². The summed E-state index contributed by atoms with van der Waals surface area (Å²) in [6.45, 7) is 3.43. The minimum Gasteiger partial charge on any atom is -0.465 e. The van der Waals surface area contributed by atoms with E-state index in [1.165, 1.54) is 18.2 Å². The fourth-order valence-corrected chi connectivity index (χ4v) is 4.28. The smallest absolute Gasteiger partial charge is 0.405 e. The molecule has 1 aromatic heterocycles. The normalized spacial score (nSPS) is 15.3. The Bertz CT molecular complexity index is 886. The Morgan fingerprint density at radius 1 is 1.22 bits per heavy atom. The number of aromatic nitrogens is 1. The van der Waals surface area contributed by atoms with Gasteiger partial charge in [0.25, 0.3) is 16.1 Å². The second kappa shape index (κ2) is 12.6. The first-order valence-corrected chi connectivity index (χ1v) is 12.6. The Morgan fingerprint density at radius 2 is 1.94 bits per heavy atom. The van der Waals surface area contributed by atoms with E-state index in [0.29, 0.717) is 19.4 Å². The van der Waals surface area contributed by atoms with Gasteiger partial charge in [-0.2, -0.15) is 8.42 Å². The van der Waals surface area contributed by atoms with Crippen LogP contribution in [0, 0.1) is 0 Å². The molecule has 3 amide bonds. The number of thiazole rings is 1. The summed E-state index contributed by atoms with van der Waals surface area (Å²) in [4.78, 5) is 42.1. The van der Waals surface area contributed by atoms with Gasteiger partial charge in [0.2, 0.25) is 5.91 Å². The van der Waals surface area contributed by atoms with Crippen LogP contribution in [0.25, 0.3) is 0 Å². The molecule has 0 saturated carbocycles. The first-order chi connectivity index (χ1) is 15.1. The third-order valence-corrected chi connectivity index (χ3v) is 6.08. The van der Waals surface area contributed by atoms with E-state index in [4.69, 9.17) is 10.2 Å². The molecule has 1 unspecified atom stereocenters. The molecule has 15 heteroatoms. The summed E-state index contributed by atoms with van der Waals surface area (Å²) < 4.78 is 23.8. The Labute approximate surface area is 190 Å². The van der Waals surface area contributed by atoms with Crippen molar-refractivity contribution < 1.29 is 27.9 Å². The largest absolute Gasteiger partial charge is 0.465 e. The molecule has 1 saturated heterocycles. The van der Waals surface area contributed by atoms with E-state index in [1.54, 1.807) is 0 Å². The number of carbonyl (C=O) groups excluding carboxylic acids is 2. The Morgan fingerprint density at radius 3 is 2.59 bits per heavy atom. The molecule has 0 aliphatic carbocycles. The second-order valence-corrected chi connectivity index (χ2v) is 9.51. The van der Waals surface area contributed by atoms with Crippen LogP contribution in [0.1, 0.15) is 42.6 Å². The molecule has 2 heterocycles. The lowest BCUT2D eigenvalue weighted by molar-refractivity contribution is -0.118. The number of hydrogen-bond donors (Lipinski definition) is 6. The molecular weight excluding hydrogens is 462 g/mol. The summed E-state index contributed by atoms with van der Waals surface area (Å²) in [5, 5.41) is 22.9. The van der Waals surface area contributed by atoms with Crippen molar-refractivity contribution in [2.24, 2.45) is 5.14 Å². The molecule has 0 bridgehead atoms. The predicted molar refractivity (Wildman–Crippen MR) is 119 cm³/mol. The maximum Gasteiger partial charge on any atom is 0.405 e. The van der Waals surface area contributed by atoms with E-state index in [1.807, 2.05) is 0 Å². The molecule has 2 rings (SSSR count). The molecule has 1 aliphatic rings. The quantitative estimate of drug-likeness (QED) is 0.199. The van der Waals surface area contributed by atoms with Gasteiger partial charge in [0.15, 0.2) is 5.13 Å². The van der Waals surface area contributed by atoms with Crippen molar-refractivity contribution in [3.8, 4) is 0 Å². The zero-order valence-corrected chi connectivity index (χ0v) is 19.1. The first kappa shape index (κ1) is 25.9. The van der Waals surface area contributed by atoms with E-state index in [2.05, 4.69) is 30.6 Å². The highest BCUT2D eigenvalue weighted by atomic mass is 32.2. The van der Waals surface area contributed by atoms with Gasteiger partial charge in [0.05, 0.1) is 0 Å². The van der Waals surface area contributed by atoms with Crippen LogP contribution >= 0.6 is 11.3 Å². The number of unbranched alkanes of at least 4 members (excludes halogenated alkanes) is 1. The summed E-state index contributed by atoms with van der Waals surface area (Å²) in [6.07, 6.45) is 1.84. The average Bonchev–Trinajstić information content (AvgIpc) is 3.37. The summed E-state index contributed by atoms with van der Waals surface area (Å²) in [6, 6.07) is -1.07. The molecule has 0 spiro atoms. The van der Waals surface area contributed by atoms with Crippen LogP contribution in [-0.4, -0.2) is 80.1 Å². The standard InChI is InChI=1S/C17H29N7O6S2/c18-32(29,30)20-6-2-1-5-12(22-17(27)28)15(26)23-16-21-13(11-31-16)14(25)19-7-10-24-8-3-4-9-24/h11-12,20,22H,1-10H2,(H,19,25)(H,27,28)(H2,18,29,30)(H,21,23,26). The number of hydrogen-bond acceptors (Lipinski definition) is 8. The van der Waals surface area contributed by atoms with Gasteiger partial charge >= 0.3 is 6.09 Å². The van der Waals surface area contributed by atoms with Crippen molar-refractivity contribution >= 4 is 44.6 Å². The van der Waals surface area contributed by atoms with Crippen molar-refractivity contribution in [2.75, 3.05) is 38.0 Å².